The van der Waals surface area contributed by atoms with Crippen LogP contribution in [0.3, 0.4) is 0 Å². The summed E-state index contributed by atoms with van der Waals surface area (Å²) in [5.74, 6) is -2.85. The SMILES string of the molecule is C=CC(=O)OCC(C)C(COC(=O)C=C)(COC(=O)C=C)N=C=O. The van der Waals surface area contributed by atoms with E-state index in [4.69, 9.17) is 14.2 Å². The fourth-order valence-electron chi connectivity index (χ4n) is 1.52. The zero-order chi connectivity index (χ0) is 18.6. The van der Waals surface area contributed by atoms with Gasteiger partial charge in [0.1, 0.15) is 18.8 Å². The van der Waals surface area contributed by atoms with Gasteiger partial charge in [-0.25, -0.2) is 19.2 Å². The molecular formula is C16H19NO7. The number of aliphatic imine (C=N–C) groups is 1. The number of nitrogens with zero attached hydrogens (tertiary/aromatic N) is 1. The molecule has 130 valence electrons. The molecule has 8 heteroatoms. The summed E-state index contributed by atoms with van der Waals surface area (Å²) in [6.07, 6.45) is 4.17. The van der Waals surface area contributed by atoms with Crippen LogP contribution in [-0.4, -0.2) is 49.3 Å². The number of rotatable bonds is 11. The van der Waals surface area contributed by atoms with E-state index in [0.717, 1.165) is 18.2 Å². The van der Waals surface area contributed by atoms with Crippen LogP contribution < -0.4 is 0 Å². The molecule has 0 bridgehead atoms. The number of ether oxygens (including phenoxy) is 3. The van der Waals surface area contributed by atoms with Gasteiger partial charge >= 0.3 is 17.9 Å². The summed E-state index contributed by atoms with van der Waals surface area (Å²) in [5, 5.41) is 0. The summed E-state index contributed by atoms with van der Waals surface area (Å²) in [6.45, 7) is 10.3. The van der Waals surface area contributed by atoms with Crippen molar-refractivity contribution in [1.82, 2.24) is 0 Å². The van der Waals surface area contributed by atoms with Crippen LogP contribution >= 0.6 is 0 Å². The topological polar surface area (TPSA) is 108 Å². The fourth-order valence-corrected chi connectivity index (χ4v) is 1.52. The molecule has 0 aromatic rings. The molecule has 0 heterocycles. The number of hydrogen-bond donors (Lipinski definition) is 0. The van der Waals surface area contributed by atoms with Gasteiger partial charge in [-0.3, -0.25) is 0 Å². The van der Waals surface area contributed by atoms with Crippen molar-refractivity contribution in [1.29, 1.82) is 0 Å². The first-order chi connectivity index (χ1) is 11.3. The van der Waals surface area contributed by atoms with Gasteiger partial charge in [-0.2, -0.15) is 4.99 Å². The Morgan fingerprint density at radius 1 is 1.00 bits per heavy atom. The highest BCUT2D eigenvalue weighted by atomic mass is 16.6. The zero-order valence-corrected chi connectivity index (χ0v) is 13.4. The van der Waals surface area contributed by atoms with Gasteiger partial charge in [-0.15, -0.1) is 0 Å². The van der Waals surface area contributed by atoms with Gasteiger partial charge in [0, 0.05) is 24.1 Å². The quantitative estimate of drug-likeness (QED) is 0.181. The average molecular weight is 337 g/mol. The molecule has 0 rings (SSSR count). The minimum absolute atomic E-state index is 0.187. The van der Waals surface area contributed by atoms with Crippen LogP contribution in [0.1, 0.15) is 6.92 Å². The van der Waals surface area contributed by atoms with Crippen LogP contribution in [0.2, 0.25) is 0 Å². The Balaban J connectivity index is 5.39. The Hall–Kier alpha value is -2.99. The van der Waals surface area contributed by atoms with Crippen LogP contribution in [-0.2, 0) is 33.4 Å². The predicted octanol–water partition coefficient (Wildman–Crippen LogP) is 0.885. The predicted molar refractivity (Wildman–Crippen MR) is 83.5 cm³/mol. The Kier molecular flexibility index (Phi) is 9.36. The van der Waals surface area contributed by atoms with Gasteiger partial charge in [0.15, 0.2) is 0 Å². The van der Waals surface area contributed by atoms with E-state index in [1.54, 1.807) is 6.92 Å². The largest absolute Gasteiger partial charge is 0.462 e. The fraction of sp³-hybridized carbons (Fsp3) is 0.375. The van der Waals surface area contributed by atoms with Crippen LogP contribution in [0.5, 0.6) is 0 Å². The molecule has 0 aromatic carbocycles. The molecule has 0 saturated carbocycles. The lowest BCUT2D eigenvalue weighted by Gasteiger charge is -2.32. The summed E-state index contributed by atoms with van der Waals surface area (Å²) in [4.78, 5) is 48.2. The summed E-state index contributed by atoms with van der Waals surface area (Å²) in [5.41, 5.74) is -1.49. The number of isocyanates is 1. The molecular weight excluding hydrogens is 318 g/mol. The summed E-state index contributed by atoms with van der Waals surface area (Å²) >= 11 is 0. The van der Waals surface area contributed by atoms with Crippen molar-refractivity contribution in [3.63, 3.8) is 0 Å². The highest BCUT2D eigenvalue weighted by Gasteiger charge is 2.40. The van der Waals surface area contributed by atoms with Crippen molar-refractivity contribution >= 4 is 24.0 Å². The van der Waals surface area contributed by atoms with Crippen LogP contribution in [0.25, 0.3) is 0 Å². The van der Waals surface area contributed by atoms with E-state index >= 15 is 0 Å². The number of carbonyl (C=O) groups excluding carboxylic acids is 4. The average Bonchev–Trinajstić information content (AvgIpc) is 2.60. The molecule has 0 fully saturated rings. The van der Waals surface area contributed by atoms with Crippen molar-refractivity contribution in [2.24, 2.45) is 10.9 Å². The van der Waals surface area contributed by atoms with Gasteiger partial charge in [0.05, 0.1) is 6.61 Å². The van der Waals surface area contributed by atoms with Crippen molar-refractivity contribution < 1.29 is 33.4 Å². The maximum atomic E-state index is 11.3. The molecule has 0 spiro atoms. The minimum Gasteiger partial charge on any atom is -0.462 e. The van der Waals surface area contributed by atoms with E-state index in [2.05, 4.69) is 24.7 Å². The number of hydrogen-bond acceptors (Lipinski definition) is 8. The third kappa shape index (κ3) is 6.85. The number of carbonyl (C=O) groups is 3. The van der Waals surface area contributed by atoms with Crippen molar-refractivity contribution in [2.75, 3.05) is 19.8 Å². The second-order valence-corrected chi connectivity index (χ2v) is 4.67. The molecule has 0 aliphatic carbocycles. The standard InChI is InChI=1S/C16H19NO7/c1-5-13(19)22-8-12(4)16(17-11-18,9-23-14(20)6-2)10-24-15(21)7-3/h5-7,12H,1-3,8-10H2,4H3. The Labute approximate surface area is 139 Å². The van der Waals surface area contributed by atoms with Crippen molar-refractivity contribution in [3.8, 4) is 0 Å². The molecule has 0 aromatic heterocycles. The normalized spacial score (nSPS) is 11.2. The highest BCUT2D eigenvalue weighted by Crippen LogP contribution is 2.24. The van der Waals surface area contributed by atoms with Crippen molar-refractivity contribution in [2.45, 2.75) is 12.5 Å². The van der Waals surface area contributed by atoms with Gasteiger partial charge in [0.25, 0.3) is 0 Å². The Morgan fingerprint density at radius 2 is 1.42 bits per heavy atom. The van der Waals surface area contributed by atoms with E-state index < -0.39 is 42.6 Å². The Bertz CT molecular complexity index is 537. The molecule has 0 saturated heterocycles. The molecule has 0 amide bonds. The first-order valence-corrected chi connectivity index (χ1v) is 6.81. The molecule has 0 aliphatic heterocycles. The summed E-state index contributed by atoms with van der Waals surface area (Å²) < 4.78 is 14.7. The molecule has 1 unspecified atom stereocenters. The maximum Gasteiger partial charge on any atom is 0.330 e. The smallest absolute Gasteiger partial charge is 0.330 e. The van der Waals surface area contributed by atoms with E-state index in [1.165, 1.54) is 6.08 Å². The Morgan fingerprint density at radius 3 is 1.79 bits per heavy atom. The third-order valence-electron chi connectivity index (χ3n) is 3.09. The van der Waals surface area contributed by atoms with Gasteiger partial charge in [0.2, 0.25) is 6.08 Å². The van der Waals surface area contributed by atoms with Gasteiger partial charge in [-0.05, 0) is 0 Å². The lowest BCUT2D eigenvalue weighted by atomic mass is 9.87. The first-order valence-electron chi connectivity index (χ1n) is 6.81. The van der Waals surface area contributed by atoms with Gasteiger partial charge < -0.3 is 14.2 Å². The lowest BCUT2D eigenvalue weighted by Crippen LogP contribution is -2.47. The minimum atomic E-state index is -1.49. The summed E-state index contributed by atoms with van der Waals surface area (Å²) in [7, 11) is 0. The van der Waals surface area contributed by atoms with Gasteiger partial charge in [-0.1, -0.05) is 26.7 Å². The molecule has 0 radical (unpaired) electrons. The lowest BCUT2D eigenvalue weighted by molar-refractivity contribution is -0.149. The second-order valence-electron chi connectivity index (χ2n) is 4.67. The van der Waals surface area contributed by atoms with Crippen LogP contribution in [0, 0.1) is 5.92 Å². The van der Waals surface area contributed by atoms with Crippen LogP contribution in [0.4, 0.5) is 0 Å². The van der Waals surface area contributed by atoms with Crippen molar-refractivity contribution in [3.05, 3.63) is 38.0 Å². The molecule has 8 nitrogen and oxygen atoms in total. The van der Waals surface area contributed by atoms with Crippen LogP contribution in [0.15, 0.2) is 43.0 Å². The van der Waals surface area contributed by atoms with E-state index in [0.29, 0.717) is 0 Å². The molecule has 0 N–H and O–H groups in total. The maximum absolute atomic E-state index is 11.3. The molecule has 0 aliphatic rings. The number of esters is 3. The molecule has 1 atom stereocenters. The third-order valence-corrected chi connectivity index (χ3v) is 3.09. The van der Waals surface area contributed by atoms with E-state index in [-0.39, 0.29) is 6.61 Å². The zero-order valence-electron chi connectivity index (χ0n) is 13.4. The molecule has 24 heavy (non-hydrogen) atoms. The monoisotopic (exact) mass is 337 g/mol. The first kappa shape index (κ1) is 21.0. The second kappa shape index (κ2) is 10.7. The summed E-state index contributed by atoms with van der Waals surface area (Å²) in [6, 6.07) is 0. The highest BCUT2D eigenvalue weighted by molar-refractivity contribution is 5.82. The van der Waals surface area contributed by atoms with E-state index in [1.807, 2.05) is 0 Å². The van der Waals surface area contributed by atoms with E-state index in [9.17, 15) is 19.2 Å².